The van der Waals surface area contributed by atoms with E-state index in [4.69, 9.17) is 4.74 Å². The fraction of sp³-hybridized carbons (Fsp3) is 1.00. The van der Waals surface area contributed by atoms with Crippen LogP contribution >= 0.6 is 0 Å². The summed E-state index contributed by atoms with van der Waals surface area (Å²) < 4.78 is 5.34. The lowest BCUT2D eigenvalue weighted by atomic mass is 9.85. The minimum atomic E-state index is 0.0214. The van der Waals surface area contributed by atoms with Crippen molar-refractivity contribution < 1.29 is 9.84 Å². The Bertz CT molecular complexity index is 174. The van der Waals surface area contributed by atoms with E-state index in [9.17, 15) is 5.11 Å². The van der Waals surface area contributed by atoms with Gasteiger partial charge in [-0.25, -0.2) is 0 Å². The molecule has 0 aromatic carbocycles. The smallest absolute Gasteiger partial charge is 0.0546 e. The molecular weight excluding hydrogens is 236 g/mol. The van der Waals surface area contributed by atoms with Gasteiger partial charge in [-0.1, -0.05) is 39.5 Å². The predicted octanol–water partition coefficient (Wildman–Crippen LogP) is 4.94. The molecule has 1 fully saturated rings. The molecule has 0 aromatic heterocycles. The number of rotatable bonds is 7. The molecule has 0 spiro atoms. The van der Waals surface area contributed by atoms with Crippen molar-refractivity contribution in [3.63, 3.8) is 0 Å². The molecule has 0 heterocycles. The van der Waals surface area contributed by atoms with Crippen molar-refractivity contribution in [1.29, 1.82) is 0 Å². The van der Waals surface area contributed by atoms with Crippen LogP contribution in [0.1, 0.15) is 85.5 Å². The summed E-state index contributed by atoms with van der Waals surface area (Å²) in [5.74, 6) is 0.924. The third-order valence-corrected chi connectivity index (χ3v) is 3.93. The quantitative estimate of drug-likeness (QED) is 0.711. The van der Waals surface area contributed by atoms with Gasteiger partial charge in [0.05, 0.1) is 12.2 Å². The molecule has 1 atom stereocenters. The summed E-state index contributed by atoms with van der Waals surface area (Å²) in [6, 6.07) is 0. The van der Waals surface area contributed by atoms with Crippen molar-refractivity contribution in [3.05, 3.63) is 0 Å². The van der Waals surface area contributed by atoms with Gasteiger partial charge in [0.25, 0.3) is 0 Å². The molecule has 1 N–H and O–H groups in total. The maximum absolute atomic E-state index is 9.20. The first kappa shape index (κ1) is 18.9. The van der Waals surface area contributed by atoms with E-state index in [-0.39, 0.29) is 6.10 Å². The van der Waals surface area contributed by atoms with Gasteiger partial charge in [0, 0.05) is 6.61 Å². The van der Waals surface area contributed by atoms with Crippen LogP contribution in [0.2, 0.25) is 0 Å². The van der Waals surface area contributed by atoms with Crippen LogP contribution in [0.5, 0.6) is 0 Å². The highest BCUT2D eigenvalue weighted by atomic mass is 16.5. The third-order valence-electron chi connectivity index (χ3n) is 3.93. The topological polar surface area (TPSA) is 29.5 Å². The second kappa shape index (κ2) is 12.9. The predicted molar refractivity (Wildman–Crippen MR) is 83.5 cm³/mol. The van der Waals surface area contributed by atoms with Crippen LogP contribution in [-0.4, -0.2) is 23.9 Å². The van der Waals surface area contributed by atoms with Crippen LogP contribution in [-0.2, 0) is 4.74 Å². The van der Waals surface area contributed by atoms with E-state index >= 15 is 0 Å². The number of aliphatic hydroxyl groups excluding tert-OH is 1. The van der Waals surface area contributed by atoms with Crippen LogP contribution in [0.4, 0.5) is 0 Å². The molecule has 0 saturated heterocycles. The zero-order valence-electron chi connectivity index (χ0n) is 13.7. The minimum absolute atomic E-state index is 0.0214. The summed E-state index contributed by atoms with van der Waals surface area (Å²) in [5, 5.41) is 9.20. The van der Waals surface area contributed by atoms with Crippen molar-refractivity contribution in [2.75, 3.05) is 6.61 Å². The molecule has 2 heteroatoms. The van der Waals surface area contributed by atoms with Gasteiger partial charge >= 0.3 is 0 Å². The van der Waals surface area contributed by atoms with Crippen LogP contribution in [0.3, 0.4) is 0 Å². The van der Waals surface area contributed by atoms with Gasteiger partial charge in [-0.2, -0.15) is 0 Å². The molecule has 0 radical (unpaired) electrons. The Morgan fingerprint density at radius 3 is 2.16 bits per heavy atom. The van der Waals surface area contributed by atoms with E-state index in [1.807, 2.05) is 6.92 Å². The normalized spacial score (nSPS) is 24.5. The van der Waals surface area contributed by atoms with Crippen molar-refractivity contribution in [3.8, 4) is 0 Å². The first-order valence-electron chi connectivity index (χ1n) is 8.43. The van der Waals surface area contributed by atoms with Crippen molar-refractivity contribution in [2.24, 2.45) is 5.92 Å². The molecule has 116 valence electrons. The van der Waals surface area contributed by atoms with E-state index in [2.05, 4.69) is 20.8 Å². The van der Waals surface area contributed by atoms with Gasteiger partial charge in [0.2, 0.25) is 0 Å². The Kier molecular flexibility index (Phi) is 12.9. The number of unbranched alkanes of at least 4 members (excludes halogenated alkanes) is 1. The van der Waals surface area contributed by atoms with E-state index < -0.39 is 0 Å². The van der Waals surface area contributed by atoms with Crippen LogP contribution in [0.15, 0.2) is 0 Å². The molecule has 0 aromatic rings. The Hall–Kier alpha value is -0.0800. The highest BCUT2D eigenvalue weighted by Gasteiger charge is 2.17. The maximum Gasteiger partial charge on any atom is 0.0546 e. The molecule has 2 nitrogen and oxygen atoms in total. The van der Waals surface area contributed by atoms with Gasteiger partial charge in [-0.15, -0.1) is 0 Å². The molecule has 1 unspecified atom stereocenters. The second-order valence-corrected chi connectivity index (χ2v) is 5.87. The Balaban J connectivity index is 0.000000344. The zero-order valence-corrected chi connectivity index (χ0v) is 13.7. The molecule has 1 aliphatic rings. The first-order valence-corrected chi connectivity index (χ1v) is 8.43. The summed E-state index contributed by atoms with van der Waals surface area (Å²) in [4.78, 5) is 0. The van der Waals surface area contributed by atoms with Gasteiger partial charge in [-0.3, -0.25) is 0 Å². The molecule has 0 bridgehead atoms. The van der Waals surface area contributed by atoms with Crippen molar-refractivity contribution >= 4 is 0 Å². The molecule has 1 saturated carbocycles. The van der Waals surface area contributed by atoms with Crippen LogP contribution in [0, 0.1) is 5.92 Å². The van der Waals surface area contributed by atoms with E-state index in [0.717, 1.165) is 25.4 Å². The van der Waals surface area contributed by atoms with Gasteiger partial charge in [0.1, 0.15) is 0 Å². The third kappa shape index (κ3) is 11.4. The second-order valence-electron chi connectivity index (χ2n) is 5.87. The number of aliphatic hydroxyl groups is 1. The highest BCUT2D eigenvalue weighted by Crippen LogP contribution is 2.27. The van der Waals surface area contributed by atoms with E-state index in [1.165, 1.54) is 44.9 Å². The number of hydrogen-bond donors (Lipinski definition) is 1. The summed E-state index contributed by atoms with van der Waals surface area (Å²) in [6.07, 6.45) is 11.6. The molecule has 0 aliphatic heterocycles. The average molecular weight is 272 g/mol. The van der Waals surface area contributed by atoms with Gasteiger partial charge in [0.15, 0.2) is 0 Å². The Morgan fingerprint density at radius 2 is 1.68 bits per heavy atom. The fourth-order valence-corrected chi connectivity index (χ4v) is 2.70. The minimum Gasteiger partial charge on any atom is -0.393 e. The Morgan fingerprint density at radius 1 is 1.05 bits per heavy atom. The summed E-state index contributed by atoms with van der Waals surface area (Å²) in [7, 11) is 0. The fourth-order valence-electron chi connectivity index (χ4n) is 2.70. The lowest BCUT2D eigenvalue weighted by Gasteiger charge is -2.24. The largest absolute Gasteiger partial charge is 0.393 e. The van der Waals surface area contributed by atoms with Crippen molar-refractivity contribution in [2.45, 2.75) is 97.7 Å². The summed E-state index contributed by atoms with van der Waals surface area (Å²) in [5.41, 5.74) is 0. The number of hydrogen-bond acceptors (Lipinski definition) is 2. The lowest BCUT2D eigenvalue weighted by Crippen LogP contribution is -2.17. The van der Waals surface area contributed by atoms with Gasteiger partial charge < -0.3 is 9.84 Å². The lowest BCUT2D eigenvalue weighted by molar-refractivity contribution is 0.0687. The summed E-state index contributed by atoms with van der Waals surface area (Å²) in [6.45, 7) is 9.48. The highest BCUT2D eigenvalue weighted by molar-refractivity contribution is 4.70. The standard InChI is InChI=1S/C9H18O.C8H18O/c1-2-3-8-4-6-9(10)7-5-8;1-4-6-7-8(3)9-5-2/h8-10H,2-7H2,1H3;8H,4-7H2,1-3H3. The molecule has 0 amide bonds. The van der Waals surface area contributed by atoms with E-state index in [1.54, 1.807) is 0 Å². The van der Waals surface area contributed by atoms with Crippen LogP contribution in [0.25, 0.3) is 0 Å². The number of ether oxygens (including phenoxy) is 1. The maximum atomic E-state index is 9.20. The molecular formula is C17H36O2. The molecule has 1 rings (SSSR count). The average Bonchev–Trinajstić information content (AvgIpc) is 2.40. The van der Waals surface area contributed by atoms with Gasteiger partial charge in [-0.05, 0) is 51.9 Å². The summed E-state index contributed by atoms with van der Waals surface area (Å²) >= 11 is 0. The van der Waals surface area contributed by atoms with E-state index in [0.29, 0.717) is 6.10 Å². The monoisotopic (exact) mass is 272 g/mol. The SMILES string of the molecule is CCCC1CCC(O)CC1.CCCCC(C)OCC. The molecule has 19 heavy (non-hydrogen) atoms. The van der Waals surface area contributed by atoms with Crippen molar-refractivity contribution in [1.82, 2.24) is 0 Å². The first-order chi connectivity index (χ1) is 9.13. The zero-order chi connectivity index (χ0) is 14.5. The van der Waals surface area contributed by atoms with Crippen LogP contribution < -0.4 is 0 Å². The molecule has 1 aliphatic carbocycles. The Labute approximate surface area is 120 Å².